The molecule has 0 bridgehead atoms. The highest BCUT2D eigenvalue weighted by atomic mass is 16.2. The fraction of sp³-hybridized carbons (Fsp3) is 0.895. The van der Waals surface area contributed by atoms with Gasteiger partial charge in [-0.1, -0.05) is 26.7 Å². The number of guanidine groups is 1. The summed E-state index contributed by atoms with van der Waals surface area (Å²) >= 11 is 0. The van der Waals surface area contributed by atoms with E-state index in [9.17, 15) is 4.79 Å². The number of amides is 1. The van der Waals surface area contributed by atoms with Crippen molar-refractivity contribution in [2.75, 3.05) is 33.2 Å². The maximum Gasteiger partial charge on any atom is 0.239 e. The summed E-state index contributed by atoms with van der Waals surface area (Å²) in [5.74, 6) is 1.36. The van der Waals surface area contributed by atoms with Crippen LogP contribution >= 0.6 is 0 Å². The number of hydrogen-bond acceptors (Lipinski definition) is 3. The van der Waals surface area contributed by atoms with Crippen LogP contribution in [0.2, 0.25) is 0 Å². The summed E-state index contributed by atoms with van der Waals surface area (Å²) in [5, 5.41) is 9.50. The molecular formula is C19H39N5O. The standard InChI is InChI=1S/C19H39N5O/c1-7-15(8-2)16(24-11-9-10-12-24)13-21-18(20-6)22-14-17(25)23-19(3,4)5/h15-16H,7-14H2,1-6H3,(H,23,25)(H2,20,21,22). The van der Waals surface area contributed by atoms with Crippen LogP contribution < -0.4 is 16.0 Å². The SMILES string of the molecule is CCC(CC)C(CNC(=NC)NCC(=O)NC(C)(C)C)N1CCCC1. The fourth-order valence-corrected chi connectivity index (χ4v) is 3.55. The molecule has 1 amide bonds. The number of rotatable bonds is 8. The van der Waals surface area contributed by atoms with E-state index in [1.807, 2.05) is 20.8 Å². The Kier molecular flexibility index (Phi) is 9.25. The quantitative estimate of drug-likeness (QED) is 0.461. The van der Waals surface area contributed by atoms with Crippen molar-refractivity contribution in [3.8, 4) is 0 Å². The van der Waals surface area contributed by atoms with E-state index < -0.39 is 0 Å². The molecule has 0 saturated carbocycles. The lowest BCUT2D eigenvalue weighted by Crippen LogP contribution is -2.51. The molecular weight excluding hydrogens is 314 g/mol. The lowest BCUT2D eigenvalue weighted by atomic mass is 9.93. The number of carbonyl (C=O) groups is 1. The number of aliphatic imine (C=N–C) groups is 1. The highest BCUT2D eigenvalue weighted by molar-refractivity contribution is 5.86. The van der Waals surface area contributed by atoms with Crippen molar-refractivity contribution in [2.24, 2.45) is 10.9 Å². The summed E-state index contributed by atoms with van der Waals surface area (Å²) in [5.41, 5.74) is -0.216. The zero-order valence-corrected chi connectivity index (χ0v) is 17.1. The van der Waals surface area contributed by atoms with Crippen LogP contribution in [0, 0.1) is 5.92 Å². The van der Waals surface area contributed by atoms with Crippen LogP contribution in [-0.4, -0.2) is 61.6 Å². The number of hydrogen-bond donors (Lipinski definition) is 3. The molecule has 3 N–H and O–H groups in total. The van der Waals surface area contributed by atoms with Gasteiger partial charge in [0.05, 0.1) is 6.54 Å². The minimum atomic E-state index is -0.216. The maximum absolute atomic E-state index is 12.0. The molecule has 0 spiro atoms. The third-order valence-electron chi connectivity index (χ3n) is 4.84. The molecule has 0 aliphatic carbocycles. The van der Waals surface area contributed by atoms with E-state index in [-0.39, 0.29) is 18.0 Å². The van der Waals surface area contributed by atoms with Crippen molar-refractivity contribution in [1.29, 1.82) is 0 Å². The van der Waals surface area contributed by atoms with Gasteiger partial charge in [-0.3, -0.25) is 14.7 Å². The Labute approximate surface area is 154 Å². The van der Waals surface area contributed by atoms with E-state index in [0.29, 0.717) is 17.9 Å². The second-order valence-corrected chi connectivity index (χ2v) is 7.99. The minimum Gasteiger partial charge on any atom is -0.355 e. The monoisotopic (exact) mass is 353 g/mol. The zero-order valence-electron chi connectivity index (χ0n) is 17.1. The van der Waals surface area contributed by atoms with E-state index >= 15 is 0 Å². The van der Waals surface area contributed by atoms with Gasteiger partial charge in [-0.05, 0) is 52.6 Å². The van der Waals surface area contributed by atoms with Gasteiger partial charge in [0.1, 0.15) is 0 Å². The van der Waals surface area contributed by atoms with Gasteiger partial charge in [-0.25, -0.2) is 0 Å². The number of nitrogens with one attached hydrogen (secondary N) is 3. The molecule has 146 valence electrons. The van der Waals surface area contributed by atoms with Gasteiger partial charge in [0.15, 0.2) is 5.96 Å². The minimum absolute atomic E-state index is 0.0217. The first-order chi connectivity index (χ1) is 11.8. The Morgan fingerprint density at radius 1 is 1.12 bits per heavy atom. The molecule has 1 unspecified atom stereocenters. The average Bonchev–Trinajstić information content (AvgIpc) is 3.06. The molecule has 1 atom stereocenters. The van der Waals surface area contributed by atoms with Gasteiger partial charge in [-0.15, -0.1) is 0 Å². The van der Waals surface area contributed by atoms with Crippen LogP contribution in [0.15, 0.2) is 4.99 Å². The molecule has 6 nitrogen and oxygen atoms in total. The average molecular weight is 354 g/mol. The van der Waals surface area contributed by atoms with Gasteiger partial charge >= 0.3 is 0 Å². The molecule has 0 radical (unpaired) electrons. The zero-order chi connectivity index (χ0) is 18.9. The third kappa shape index (κ3) is 8.08. The predicted octanol–water partition coefficient (Wildman–Crippen LogP) is 1.97. The Morgan fingerprint density at radius 3 is 2.20 bits per heavy atom. The molecule has 1 aliphatic rings. The Morgan fingerprint density at radius 2 is 1.72 bits per heavy atom. The molecule has 6 heteroatoms. The largest absolute Gasteiger partial charge is 0.355 e. The van der Waals surface area contributed by atoms with Crippen molar-refractivity contribution in [3.63, 3.8) is 0 Å². The topological polar surface area (TPSA) is 68.8 Å². The van der Waals surface area contributed by atoms with Crippen LogP contribution in [0.3, 0.4) is 0 Å². The first-order valence-electron chi connectivity index (χ1n) is 9.80. The van der Waals surface area contributed by atoms with E-state index in [4.69, 9.17) is 0 Å². The van der Waals surface area contributed by atoms with Crippen LogP contribution in [0.1, 0.15) is 60.3 Å². The Bertz CT molecular complexity index is 418. The fourth-order valence-electron chi connectivity index (χ4n) is 3.55. The number of likely N-dealkylation sites (tertiary alicyclic amines) is 1. The van der Waals surface area contributed by atoms with E-state index in [2.05, 4.69) is 39.7 Å². The van der Waals surface area contributed by atoms with Crippen LogP contribution in [0.25, 0.3) is 0 Å². The molecule has 0 aromatic rings. The van der Waals surface area contributed by atoms with Gasteiger partial charge < -0.3 is 16.0 Å². The van der Waals surface area contributed by atoms with Crippen molar-refractivity contribution < 1.29 is 4.79 Å². The second-order valence-electron chi connectivity index (χ2n) is 7.99. The summed E-state index contributed by atoms with van der Waals surface area (Å²) in [7, 11) is 1.75. The lowest BCUT2D eigenvalue weighted by Gasteiger charge is -2.34. The van der Waals surface area contributed by atoms with Crippen LogP contribution in [0.5, 0.6) is 0 Å². The highest BCUT2D eigenvalue weighted by Crippen LogP contribution is 2.22. The summed E-state index contributed by atoms with van der Waals surface area (Å²) in [6.07, 6.45) is 4.99. The first-order valence-corrected chi connectivity index (χ1v) is 9.80. The summed E-state index contributed by atoms with van der Waals surface area (Å²) < 4.78 is 0. The van der Waals surface area contributed by atoms with Crippen molar-refractivity contribution >= 4 is 11.9 Å². The molecule has 0 aromatic carbocycles. The second kappa shape index (κ2) is 10.6. The smallest absolute Gasteiger partial charge is 0.239 e. The molecule has 1 aliphatic heterocycles. The van der Waals surface area contributed by atoms with E-state index in [1.165, 1.54) is 38.8 Å². The van der Waals surface area contributed by atoms with E-state index in [0.717, 1.165) is 6.54 Å². The summed E-state index contributed by atoms with van der Waals surface area (Å²) in [6, 6.07) is 0.527. The molecule has 1 rings (SSSR count). The summed E-state index contributed by atoms with van der Waals surface area (Å²) in [4.78, 5) is 18.8. The van der Waals surface area contributed by atoms with Gasteiger partial charge in [0, 0.05) is 25.2 Å². The number of nitrogens with zero attached hydrogens (tertiary/aromatic N) is 2. The predicted molar refractivity (Wildman–Crippen MR) is 106 cm³/mol. The normalized spacial score (nSPS) is 17.6. The van der Waals surface area contributed by atoms with Crippen molar-refractivity contribution in [3.05, 3.63) is 0 Å². The van der Waals surface area contributed by atoms with Gasteiger partial charge in [0.25, 0.3) is 0 Å². The number of carbonyl (C=O) groups excluding carboxylic acids is 1. The Hall–Kier alpha value is -1.30. The maximum atomic E-state index is 12.0. The van der Waals surface area contributed by atoms with Gasteiger partial charge in [-0.2, -0.15) is 0 Å². The van der Waals surface area contributed by atoms with Crippen LogP contribution in [0.4, 0.5) is 0 Å². The third-order valence-corrected chi connectivity index (χ3v) is 4.84. The highest BCUT2D eigenvalue weighted by Gasteiger charge is 2.27. The van der Waals surface area contributed by atoms with E-state index in [1.54, 1.807) is 7.05 Å². The van der Waals surface area contributed by atoms with Crippen LogP contribution in [-0.2, 0) is 4.79 Å². The molecule has 0 aromatic heterocycles. The molecule has 25 heavy (non-hydrogen) atoms. The molecule has 1 heterocycles. The molecule has 1 saturated heterocycles. The van der Waals surface area contributed by atoms with Gasteiger partial charge in [0.2, 0.25) is 5.91 Å². The Balaban J connectivity index is 2.53. The first kappa shape index (κ1) is 21.7. The van der Waals surface area contributed by atoms with Crippen molar-refractivity contribution in [1.82, 2.24) is 20.9 Å². The lowest BCUT2D eigenvalue weighted by molar-refractivity contribution is -0.121. The molecule has 1 fully saturated rings. The van der Waals surface area contributed by atoms with Crippen molar-refractivity contribution in [2.45, 2.75) is 71.9 Å². The summed E-state index contributed by atoms with van der Waals surface area (Å²) in [6.45, 7) is 14.0.